The van der Waals surface area contributed by atoms with Crippen molar-refractivity contribution in [3.05, 3.63) is 63.1 Å². The zero-order valence-electron chi connectivity index (χ0n) is 14.3. The monoisotopic (exact) mass is 459 g/mol. The van der Waals surface area contributed by atoms with Gasteiger partial charge in [-0.05, 0) is 36.4 Å². The van der Waals surface area contributed by atoms with Crippen molar-refractivity contribution >= 4 is 50.7 Å². The Morgan fingerprint density at radius 3 is 2.11 bits per heavy atom. The molecule has 0 saturated carbocycles. The fraction of sp³-hybridized carbons (Fsp3) is 0.188. The van der Waals surface area contributed by atoms with Gasteiger partial charge in [0.1, 0.15) is 0 Å². The Hall–Kier alpha value is -0.350. The molecule has 0 atom stereocenters. The van der Waals surface area contributed by atoms with Crippen LogP contribution < -0.4 is 35.0 Å². The third kappa shape index (κ3) is 6.59. The first-order valence-electron chi connectivity index (χ1n) is 7.37. The van der Waals surface area contributed by atoms with E-state index in [0.717, 1.165) is 4.31 Å². The molecule has 2 rings (SSSR count). The third-order valence-electron chi connectivity index (χ3n) is 3.56. The number of hydrogen-bond acceptors (Lipinski definition) is 4. The molecule has 0 heterocycles. The van der Waals surface area contributed by atoms with E-state index in [2.05, 4.69) is 0 Å². The number of carbonyl (C=O) groups excluding carboxylic acids is 1. The van der Waals surface area contributed by atoms with Crippen molar-refractivity contribution < 1.29 is 48.0 Å². The zero-order chi connectivity index (χ0) is 19.3. The molecule has 2 N–H and O–H groups in total. The molecule has 0 radical (unpaired) electrons. The van der Waals surface area contributed by atoms with Crippen LogP contribution in [0, 0.1) is 0 Å². The summed E-state index contributed by atoms with van der Waals surface area (Å²) in [5, 5.41) is 9.66. The maximum Gasteiger partial charge on any atom is 1.00 e. The molecule has 140 valence electrons. The summed E-state index contributed by atoms with van der Waals surface area (Å²) in [7, 11) is -3.96. The third-order valence-corrected chi connectivity index (χ3v) is 6.38. The van der Waals surface area contributed by atoms with Crippen LogP contribution in [0.3, 0.4) is 0 Å². The van der Waals surface area contributed by atoms with Crippen molar-refractivity contribution in [3.63, 3.8) is 0 Å². The van der Waals surface area contributed by atoms with Crippen molar-refractivity contribution in [2.45, 2.75) is 17.9 Å². The average Bonchev–Trinajstić information content (AvgIpc) is 2.60. The first-order chi connectivity index (χ1) is 12.3. The largest absolute Gasteiger partial charge is 1.00 e. The van der Waals surface area contributed by atoms with Crippen LogP contribution in [0.25, 0.3) is 0 Å². The molecule has 1 amide bonds. The summed E-state index contributed by atoms with van der Waals surface area (Å²) in [5.74, 6) is -0.716. The van der Waals surface area contributed by atoms with Crippen LogP contribution in [0.4, 0.5) is 0 Å². The molecule has 27 heavy (non-hydrogen) atoms. The average molecular weight is 461 g/mol. The zero-order valence-corrected chi connectivity index (χ0v) is 19.4. The summed E-state index contributed by atoms with van der Waals surface area (Å²) < 4.78 is 27.0. The first-order valence-corrected chi connectivity index (χ1v) is 9.94. The number of carbonyl (C=O) groups is 1. The van der Waals surface area contributed by atoms with Gasteiger partial charge < -0.3 is 0 Å². The summed E-state index contributed by atoms with van der Waals surface area (Å²) in [4.78, 5) is 11.4. The van der Waals surface area contributed by atoms with Gasteiger partial charge in [-0.15, -0.1) is 0 Å². The Morgan fingerprint density at radius 2 is 1.59 bits per heavy atom. The van der Waals surface area contributed by atoms with Gasteiger partial charge in [-0.2, -0.15) is 4.31 Å². The molecule has 6 nitrogen and oxygen atoms in total. The molecule has 0 spiro atoms. The Balaban J connectivity index is 0.00000364. The van der Waals surface area contributed by atoms with Crippen LogP contribution in [0.5, 0.6) is 0 Å². The maximum absolute atomic E-state index is 13.0. The van der Waals surface area contributed by atoms with Crippen LogP contribution in [-0.4, -0.2) is 30.4 Å². The number of amides is 1. The molecule has 2 aromatic carbocycles. The normalized spacial score (nSPS) is 11.1. The van der Waals surface area contributed by atoms with Gasteiger partial charge in [-0.1, -0.05) is 40.9 Å². The van der Waals surface area contributed by atoms with Crippen LogP contribution in [0.15, 0.2) is 47.4 Å². The van der Waals surface area contributed by atoms with Crippen LogP contribution in [0.2, 0.25) is 15.1 Å². The number of hydrogen-bond donors (Lipinski definition) is 2. The van der Waals surface area contributed by atoms with E-state index in [-0.39, 0.29) is 54.0 Å². The number of rotatable bonds is 7. The summed E-state index contributed by atoms with van der Waals surface area (Å²) in [6.07, 6.45) is -0.245. The molecule has 0 aliphatic heterocycles. The van der Waals surface area contributed by atoms with E-state index in [9.17, 15) is 13.2 Å². The molecule has 0 aliphatic rings. The van der Waals surface area contributed by atoms with Gasteiger partial charge in [0.25, 0.3) is 0 Å². The number of benzene rings is 2. The molecular formula is C16H15Cl3N2NaO4S+. The summed E-state index contributed by atoms with van der Waals surface area (Å²) in [6, 6.07) is 10.5. The standard InChI is InChI=1S/C16H15Cl3N2O4S.Na/c17-11-4-6-12(7-5-11)26(24,25)21(9-8-16(22)20-23)10-13-14(18)2-1-3-15(13)19;/h1-7,23H,8-10H2,(H,20,22);/q;+1. The smallest absolute Gasteiger partial charge is 0.289 e. The summed E-state index contributed by atoms with van der Waals surface area (Å²) in [5.41, 5.74) is 1.89. The van der Waals surface area contributed by atoms with E-state index >= 15 is 0 Å². The van der Waals surface area contributed by atoms with Gasteiger partial charge in [0.2, 0.25) is 15.9 Å². The maximum atomic E-state index is 13.0. The predicted octanol–water partition coefficient (Wildman–Crippen LogP) is 0.737. The van der Waals surface area contributed by atoms with Crippen molar-refractivity contribution in [2.24, 2.45) is 0 Å². The number of hydroxylamine groups is 1. The fourth-order valence-electron chi connectivity index (χ4n) is 2.18. The van der Waals surface area contributed by atoms with Crippen LogP contribution >= 0.6 is 34.8 Å². The van der Waals surface area contributed by atoms with Crippen molar-refractivity contribution in [1.82, 2.24) is 9.79 Å². The number of halogens is 3. The van der Waals surface area contributed by atoms with E-state index in [1.807, 2.05) is 0 Å². The molecule has 11 heteroatoms. The molecule has 0 unspecified atom stereocenters. The second-order valence-corrected chi connectivity index (χ2v) is 8.47. The Kier molecular flexibility index (Phi) is 10.1. The van der Waals surface area contributed by atoms with Gasteiger partial charge in [0.15, 0.2) is 0 Å². The van der Waals surface area contributed by atoms with E-state index in [1.165, 1.54) is 29.7 Å². The Labute approximate surface area is 194 Å². The molecule has 0 fully saturated rings. The van der Waals surface area contributed by atoms with Gasteiger partial charge in [0, 0.05) is 40.1 Å². The van der Waals surface area contributed by atoms with Crippen molar-refractivity contribution in [1.29, 1.82) is 0 Å². The van der Waals surface area contributed by atoms with E-state index in [4.69, 9.17) is 40.0 Å². The fourth-order valence-corrected chi connectivity index (χ4v) is 4.23. The SMILES string of the molecule is O=C(CCN(Cc1c(Cl)cccc1Cl)S(=O)(=O)c1ccc(Cl)cc1)NO.[Na+]. The molecular weight excluding hydrogens is 446 g/mol. The van der Waals surface area contributed by atoms with Gasteiger partial charge in [-0.25, -0.2) is 13.9 Å². The van der Waals surface area contributed by atoms with Crippen LogP contribution in [0.1, 0.15) is 12.0 Å². The molecule has 0 aromatic heterocycles. The second kappa shape index (κ2) is 11.0. The molecule has 0 bridgehead atoms. The minimum atomic E-state index is -3.96. The van der Waals surface area contributed by atoms with Gasteiger partial charge in [0.05, 0.1) is 4.90 Å². The molecule has 2 aromatic rings. The Bertz CT molecular complexity index is 875. The van der Waals surface area contributed by atoms with E-state index < -0.39 is 15.9 Å². The molecule has 0 aliphatic carbocycles. The predicted molar refractivity (Wildman–Crippen MR) is 100 cm³/mol. The first kappa shape index (κ1) is 24.7. The van der Waals surface area contributed by atoms with Crippen molar-refractivity contribution in [3.8, 4) is 0 Å². The minimum absolute atomic E-state index is 0. The topological polar surface area (TPSA) is 86.7 Å². The van der Waals surface area contributed by atoms with E-state index in [1.54, 1.807) is 18.2 Å². The quantitative estimate of drug-likeness (QED) is 0.362. The molecule has 0 saturated heterocycles. The number of nitrogens with zero attached hydrogens (tertiary/aromatic N) is 1. The summed E-state index contributed by atoms with van der Waals surface area (Å²) >= 11 is 18.1. The van der Waals surface area contributed by atoms with Gasteiger partial charge in [-0.3, -0.25) is 10.0 Å². The minimum Gasteiger partial charge on any atom is -0.289 e. The van der Waals surface area contributed by atoms with Crippen LogP contribution in [-0.2, 0) is 21.4 Å². The van der Waals surface area contributed by atoms with Crippen molar-refractivity contribution in [2.75, 3.05) is 6.54 Å². The number of sulfonamides is 1. The summed E-state index contributed by atoms with van der Waals surface area (Å²) in [6.45, 7) is -0.318. The van der Waals surface area contributed by atoms with Gasteiger partial charge >= 0.3 is 29.6 Å². The Morgan fingerprint density at radius 1 is 1.04 bits per heavy atom. The second-order valence-electron chi connectivity index (χ2n) is 5.28. The van der Waals surface area contributed by atoms with E-state index in [0.29, 0.717) is 20.6 Å². The number of nitrogens with one attached hydrogen (secondary N) is 1.